The largest absolute Gasteiger partial charge is 0.295 e. The fourth-order valence-electron chi connectivity index (χ4n) is 9.01. The van der Waals surface area contributed by atoms with Crippen molar-refractivity contribution >= 4 is 5.78 Å². The van der Waals surface area contributed by atoms with E-state index >= 15 is 0 Å². The highest BCUT2D eigenvalue weighted by atomic mass is 16.1. The molecule has 4 aliphatic rings. The number of rotatable bonds is 5. The Bertz CT molecular complexity index is 672. The number of carbonyl (C=O) groups is 1. The number of hydrogen-bond donors (Lipinski definition) is 0. The molecule has 0 aromatic carbocycles. The van der Waals surface area contributed by atoms with Gasteiger partial charge in [-0.15, -0.1) is 0 Å². The predicted molar refractivity (Wildman–Crippen MR) is 123 cm³/mol. The van der Waals surface area contributed by atoms with Gasteiger partial charge in [0.15, 0.2) is 5.78 Å². The molecule has 4 aliphatic carbocycles. The Balaban J connectivity index is 1.52. The molecular weight excluding hydrogens is 352 g/mol. The minimum atomic E-state index is 0.323. The van der Waals surface area contributed by atoms with Crippen molar-refractivity contribution in [2.45, 2.75) is 112 Å². The fraction of sp³-hybridized carbons (Fsp3) is 0.893. The van der Waals surface area contributed by atoms with E-state index in [1.54, 1.807) is 5.57 Å². The van der Waals surface area contributed by atoms with Crippen LogP contribution in [0.1, 0.15) is 112 Å². The molecule has 0 aromatic rings. The highest BCUT2D eigenvalue weighted by Crippen LogP contribution is 2.68. The SMILES string of the molecule is CC1=C2CC[C@@H]3[C@H]4CC[C@@H]([C@H](C)CCCC(C)C)[C@@]4(C)CC[C@H]3[C@@]2(C)CCC1=O. The Hall–Kier alpha value is -0.590. The van der Waals surface area contributed by atoms with Crippen molar-refractivity contribution < 1.29 is 4.79 Å². The molecule has 0 N–H and O–H groups in total. The van der Waals surface area contributed by atoms with E-state index < -0.39 is 0 Å². The summed E-state index contributed by atoms with van der Waals surface area (Å²) < 4.78 is 0. The molecule has 3 saturated carbocycles. The monoisotopic (exact) mass is 398 g/mol. The van der Waals surface area contributed by atoms with Gasteiger partial charge in [0.05, 0.1) is 0 Å². The van der Waals surface area contributed by atoms with E-state index in [4.69, 9.17) is 0 Å². The summed E-state index contributed by atoms with van der Waals surface area (Å²) in [6.45, 7) is 14.7. The maximum atomic E-state index is 12.4. The van der Waals surface area contributed by atoms with Gasteiger partial charge in [-0.05, 0) is 104 Å². The molecule has 0 aliphatic heterocycles. The van der Waals surface area contributed by atoms with Gasteiger partial charge in [0.1, 0.15) is 0 Å². The summed E-state index contributed by atoms with van der Waals surface area (Å²) in [5, 5.41) is 0. The topological polar surface area (TPSA) is 17.1 Å². The smallest absolute Gasteiger partial charge is 0.158 e. The molecule has 7 atom stereocenters. The van der Waals surface area contributed by atoms with Gasteiger partial charge in [-0.2, -0.15) is 0 Å². The molecular formula is C28H46O. The molecule has 3 fully saturated rings. The molecule has 29 heavy (non-hydrogen) atoms. The lowest BCUT2D eigenvalue weighted by molar-refractivity contribution is -0.118. The van der Waals surface area contributed by atoms with Gasteiger partial charge in [0.2, 0.25) is 0 Å². The number of carbonyl (C=O) groups excluding carboxylic acids is 1. The molecule has 0 bridgehead atoms. The molecule has 0 heterocycles. The highest BCUT2D eigenvalue weighted by Gasteiger charge is 2.59. The molecule has 1 heteroatoms. The van der Waals surface area contributed by atoms with Crippen molar-refractivity contribution in [3.8, 4) is 0 Å². The maximum Gasteiger partial charge on any atom is 0.158 e. The molecule has 0 spiro atoms. The second-order valence-electron chi connectivity index (χ2n) is 12.4. The number of hydrogen-bond acceptors (Lipinski definition) is 1. The van der Waals surface area contributed by atoms with Crippen LogP contribution in [0.15, 0.2) is 11.1 Å². The van der Waals surface area contributed by atoms with Gasteiger partial charge in [-0.1, -0.05) is 59.5 Å². The van der Waals surface area contributed by atoms with Gasteiger partial charge in [0, 0.05) is 6.42 Å². The third-order valence-corrected chi connectivity index (χ3v) is 10.6. The Morgan fingerprint density at radius 3 is 2.41 bits per heavy atom. The van der Waals surface area contributed by atoms with Crippen molar-refractivity contribution in [2.24, 2.45) is 46.3 Å². The minimum absolute atomic E-state index is 0.323. The Kier molecular flexibility index (Phi) is 5.84. The maximum absolute atomic E-state index is 12.4. The zero-order chi connectivity index (χ0) is 21.0. The molecule has 4 rings (SSSR count). The molecule has 0 aromatic heterocycles. The van der Waals surface area contributed by atoms with Crippen molar-refractivity contribution in [1.29, 1.82) is 0 Å². The summed E-state index contributed by atoms with van der Waals surface area (Å²) in [5.74, 6) is 5.81. The molecule has 0 amide bonds. The number of allylic oxidation sites excluding steroid dienone is 1. The zero-order valence-corrected chi connectivity index (χ0v) is 20.2. The molecule has 164 valence electrons. The van der Waals surface area contributed by atoms with Crippen LogP contribution in [0.5, 0.6) is 0 Å². The van der Waals surface area contributed by atoms with Crippen LogP contribution in [-0.4, -0.2) is 5.78 Å². The normalized spacial score (nSPS) is 43.2. The van der Waals surface area contributed by atoms with E-state index in [-0.39, 0.29) is 0 Å². The standard InChI is InChI=1S/C28H46O/c1-18(2)8-7-9-19(3)22-12-13-24-21-10-11-23-20(4)26(29)15-17-28(23,6)25(21)14-16-27(22,24)5/h18-19,21-22,24-25H,7-17H2,1-6H3/t19-,21-,22+,24-,25-,27-,28+/m1/s1. The Labute approximate surface area is 180 Å². The van der Waals surface area contributed by atoms with Crippen LogP contribution < -0.4 is 0 Å². The number of fused-ring (bicyclic) bond motifs is 5. The molecule has 0 saturated heterocycles. The average molecular weight is 399 g/mol. The first kappa shape index (κ1) is 21.6. The van der Waals surface area contributed by atoms with E-state index in [0.717, 1.165) is 53.9 Å². The molecule has 1 nitrogen and oxygen atoms in total. The number of Topliss-reactive ketones (excluding diaryl/α,β-unsaturated/α-hetero) is 1. The molecule has 0 unspecified atom stereocenters. The van der Waals surface area contributed by atoms with Crippen LogP contribution in [-0.2, 0) is 4.79 Å². The summed E-state index contributed by atoms with van der Waals surface area (Å²) in [6, 6.07) is 0. The quantitative estimate of drug-likeness (QED) is 0.458. The summed E-state index contributed by atoms with van der Waals surface area (Å²) in [7, 11) is 0. The van der Waals surface area contributed by atoms with Crippen molar-refractivity contribution in [1.82, 2.24) is 0 Å². The van der Waals surface area contributed by atoms with E-state index in [2.05, 4.69) is 41.5 Å². The van der Waals surface area contributed by atoms with Crippen molar-refractivity contribution in [2.75, 3.05) is 0 Å². The van der Waals surface area contributed by atoms with E-state index in [0.29, 0.717) is 16.6 Å². The van der Waals surface area contributed by atoms with Gasteiger partial charge in [0.25, 0.3) is 0 Å². The summed E-state index contributed by atoms with van der Waals surface area (Å²) in [6.07, 6.45) is 14.5. The minimum Gasteiger partial charge on any atom is -0.295 e. The first-order chi connectivity index (χ1) is 13.7. The average Bonchev–Trinajstić information content (AvgIpc) is 3.02. The van der Waals surface area contributed by atoms with Gasteiger partial charge >= 0.3 is 0 Å². The van der Waals surface area contributed by atoms with Crippen molar-refractivity contribution in [3.05, 3.63) is 11.1 Å². The lowest BCUT2D eigenvalue weighted by Gasteiger charge is -2.59. The third kappa shape index (κ3) is 3.47. The second kappa shape index (κ2) is 7.83. The molecule has 0 radical (unpaired) electrons. The van der Waals surface area contributed by atoms with Crippen LogP contribution in [0.4, 0.5) is 0 Å². The van der Waals surface area contributed by atoms with Gasteiger partial charge in [-0.3, -0.25) is 4.79 Å². The Morgan fingerprint density at radius 2 is 1.69 bits per heavy atom. The van der Waals surface area contributed by atoms with Crippen LogP contribution >= 0.6 is 0 Å². The van der Waals surface area contributed by atoms with Crippen molar-refractivity contribution in [3.63, 3.8) is 0 Å². The first-order valence-electron chi connectivity index (χ1n) is 12.9. The van der Waals surface area contributed by atoms with Crippen LogP contribution in [0.3, 0.4) is 0 Å². The Morgan fingerprint density at radius 1 is 0.931 bits per heavy atom. The van der Waals surface area contributed by atoms with Crippen LogP contribution in [0.2, 0.25) is 0 Å². The third-order valence-electron chi connectivity index (χ3n) is 10.6. The predicted octanol–water partition coefficient (Wildman–Crippen LogP) is 7.99. The number of ketones is 1. The first-order valence-corrected chi connectivity index (χ1v) is 12.9. The second-order valence-corrected chi connectivity index (χ2v) is 12.4. The van der Waals surface area contributed by atoms with Crippen LogP contribution in [0, 0.1) is 46.3 Å². The van der Waals surface area contributed by atoms with Crippen LogP contribution in [0.25, 0.3) is 0 Å². The van der Waals surface area contributed by atoms with E-state index in [9.17, 15) is 4.79 Å². The van der Waals surface area contributed by atoms with Gasteiger partial charge < -0.3 is 0 Å². The van der Waals surface area contributed by atoms with E-state index in [1.165, 1.54) is 57.8 Å². The summed E-state index contributed by atoms with van der Waals surface area (Å²) >= 11 is 0. The lowest BCUT2D eigenvalue weighted by Crippen LogP contribution is -2.51. The fourth-order valence-corrected chi connectivity index (χ4v) is 9.01. The summed E-state index contributed by atoms with van der Waals surface area (Å²) in [5.41, 5.74) is 3.61. The zero-order valence-electron chi connectivity index (χ0n) is 20.2. The van der Waals surface area contributed by atoms with Gasteiger partial charge in [-0.25, -0.2) is 0 Å². The summed E-state index contributed by atoms with van der Waals surface area (Å²) in [4.78, 5) is 12.4. The highest BCUT2D eigenvalue weighted by molar-refractivity contribution is 5.96. The van der Waals surface area contributed by atoms with E-state index in [1.807, 2.05) is 0 Å². The lowest BCUT2D eigenvalue weighted by atomic mass is 9.46.